The van der Waals surface area contributed by atoms with E-state index >= 15 is 0 Å². The van der Waals surface area contributed by atoms with E-state index in [0.717, 1.165) is 30.4 Å². The van der Waals surface area contributed by atoms with Crippen molar-refractivity contribution in [2.75, 3.05) is 44.8 Å². The zero-order chi connectivity index (χ0) is 17.4. The van der Waals surface area contributed by atoms with E-state index < -0.39 is 5.60 Å². The van der Waals surface area contributed by atoms with Crippen LogP contribution in [-0.2, 0) is 0 Å². The maximum absolute atomic E-state index is 12.9. The second-order valence-electron chi connectivity index (χ2n) is 5.92. The number of ether oxygens (including phenoxy) is 1. The lowest BCUT2D eigenvalue weighted by atomic mass is 10.1. The SMILES string of the molecule is CCNC(=NCC1(O)CCSC1)N(C)CCOc1ccc(F)cc1. The quantitative estimate of drug-likeness (QED) is 0.579. The lowest BCUT2D eigenvalue weighted by molar-refractivity contribution is 0.0776. The molecule has 0 aromatic heterocycles. The van der Waals surface area contributed by atoms with Gasteiger partial charge in [-0.3, -0.25) is 4.99 Å². The Kier molecular flexibility index (Phi) is 7.17. The summed E-state index contributed by atoms with van der Waals surface area (Å²) in [5.41, 5.74) is -0.684. The summed E-state index contributed by atoms with van der Waals surface area (Å²) in [5.74, 6) is 2.86. The number of halogens is 1. The lowest BCUT2D eigenvalue weighted by Crippen LogP contribution is -2.42. The van der Waals surface area contributed by atoms with Crippen molar-refractivity contribution in [2.45, 2.75) is 18.9 Å². The summed E-state index contributed by atoms with van der Waals surface area (Å²) in [5, 5.41) is 13.6. The summed E-state index contributed by atoms with van der Waals surface area (Å²) >= 11 is 1.77. The average molecular weight is 355 g/mol. The van der Waals surface area contributed by atoms with Crippen LogP contribution < -0.4 is 10.1 Å². The van der Waals surface area contributed by atoms with Gasteiger partial charge in [0.15, 0.2) is 5.96 Å². The number of aliphatic imine (C=N–C) groups is 1. The molecule has 1 atom stereocenters. The van der Waals surface area contributed by atoms with Gasteiger partial charge in [0.1, 0.15) is 18.2 Å². The highest BCUT2D eigenvalue weighted by atomic mass is 32.2. The molecule has 0 saturated carbocycles. The van der Waals surface area contributed by atoms with Crippen molar-refractivity contribution in [3.05, 3.63) is 30.1 Å². The standard InChI is InChI=1S/C17H26FN3O2S/c1-3-19-16(20-12-17(22)8-11-24-13-17)21(2)9-10-23-15-6-4-14(18)5-7-15/h4-7,22H,3,8-13H2,1-2H3,(H,19,20). The van der Waals surface area contributed by atoms with Crippen molar-refractivity contribution in [2.24, 2.45) is 4.99 Å². The second-order valence-corrected chi connectivity index (χ2v) is 7.03. The van der Waals surface area contributed by atoms with Crippen LogP contribution in [0.4, 0.5) is 4.39 Å². The van der Waals surface area contributed by atoms with Crippen LogP contribution >= 0.6 is 11.8 Å². The number of likely N-dealkylation sites (N-methyl/N-ethyl adjacent to an activating group) is 1. The number of guanidine groups is 1. The Balaban J connectivity index is 1.83. The fraction of sp³-hybridized carbons (Fsp3) is 0.588. The average Bonchev–Trinajstić information content (AvgIpc) is 3.00. The van der Waals surface area contributed by atoms with Gasteiger partial charge in [0.2, 0.25) is 0 Å². The maximum atomic E-state index is 12.9. The molecule has 7 heteroatoms. The third-order valence-electron chi connectivity index (χ3n) is 3.81. The first kappa shape index (κ1) is 18.9. The largest absolute Gasteiger partial charge is 0.492 e. The monoisotopic (exact) mass is 355 g/mol. The van der Waals surface area contributed by atoms with Crippen LogP contribution in [0.15, 0.2) is 29.3 Å². The molecule has 1 aromatic rings. The van der Waals surface area contributed by atoms with Gasteiger partial charge in [-0.1, -0.05) is 0 Å². The lowest BCUT2D eigenvalue weighted by Gasteiger charge is -2.24. The topological polar surface area (TPSA) is 57.1 Å². The van der Waals surface area contributed by atoms with E-state index in [1.165, 1.54) is 12.1 Å². The van der Waals surface area contributed by atoms with Crippen LogP contribution in [0, 0.1) is 5.82 Å². The van der Waals surface area contributed by atoms with Gasteiger partial charge in [-0.05, 0) is 43.4 Å². The molecule has 5 nitrogen and oxygen atoms in total. The van der Waals surface area contributed by atoms with Crippen LogP contribution in [0.25, 0.3) is 0 Å². The Hall–Kier alpha value is -1.47. The number of rotatable bonds is 7. The zero-order valence-electron chi connectivity index (χ0n) is 14.3. The summed E-state index contributed by atoms with van der Waals surface area (Å²) in [6, 6.07) is 5.99. The number of hydrogen-bond donors (Lipinski definition) is 2. The normalized spacial score (nSPS) is 20.9. The minimum atomic E-state index is -0.684. The van der Waals surface area contributed by atoms with E-state index in [1.54, 1.807) is 23.9 Å². The summed E-state index contributed by atoms with van der Waals surface area (Å²) in [4.78, 5) is 6.54. The number of benzene rings is 1. The molecule has 2 rings (SSSR count). The molecule has 134 valence electrons. The molecule has 0 radical (unpaired) electrons. The van der Waals surface area contributed by atoms with Crippen molar-refractivity contribution in [3.8, 4) is 5.75 Å². The van der Waals surface area contributed by atoms with E-state index in [4.69, 9.17) is 4.74 Å². The Morgan fingerprint density at radius 3 is 2.83 bits per heavy atom. The van der Waals surface area contributed by atoms with Crippen molar-refractivity contribution >= 4 is 17.7 Å². The third kappa shape index (κ3) is 5.87. The Bertz CT molecular complexity index is 533. The number of thioether (sulfide) groups is 1. The summed E-state index contributed by atoms with van der Waals surface area (Å²) < 4.78 is 18.5. The first-order chi connectivity index (χ1) is 11.5. The van der Waals surface area contributed by atoms with Gasteiger partial charge in [-0.25, -0.2) is 4.39 Å². The summed E-state index contributed by atoms with van der Waals surface area (Å²) in [7, 11) is 1.93. The molecule has 1 unspecified atom stereocenters. The molecule has 1 aliphatic heterocycles. The van der Waals surface area contributed by atoms with Crippen molar-refractivity contribution in [3.63, 3.8) is 0 Å². The molecular weight excluding hydrogens is 329 g/mol. The molecule has 1 heterocycles. The molecule has 0 amide bonds. The smallest absolute Gasteiger partial charge is 0.193 e. The molecular formula is C17H26FN3O2S. The first-order valence-corrected chi connectivity index (χ1v) is 9.36. The Morgan fingerprint density at radius 1 is 1.46 bits per heavy atom. The maximum Gasteiger partial charge on any atom is 0.193 e. The van der Waals surface area contributed by atoms with Gasteiger partial charge in [0.05, 0.1) is 18.7 Å². The van der Waals surface area contributed by atoms with Gasteiger partial charge in [0, 0.05) is 19.3 Å². The van der Waals surface area contributed by atoms with E-state index in [2.05, 4.69) is 10.3 Å². The van der Waals surface area contributed by atoms with Gasteiger partial charge in [0.25, 0.3) is 0 Å². The van der Waals surface area contributed by atoms with Crippen LogP contribution in [0.2, 0.25) is 0 Å². The number of aliphatic hydroxyl groups is 1. The predicted molar refractivity (Wildman–Crippen MR) is 97.4 cm³/mol. The van der Waals surface area contributed by atoms with E-state index in [9.17, 15) is 9.50 Å². The Labute approximate surface area is 147 Å². The molecule has 2 N–H and O–H groups in total. The predicted octanol–water partition coefficient (Wildman–Crippen LogP) is 1.97. The Morgan fingerprint density at radius 2 is 2.21 bits per heavy atom. The number of nitrogens with one attached hydrogen (secondary N) is 1. The zero-order valence-corrected chi connectivity index (χ0v) is 15.1. The highest BCUT2D eigenvalue weighted by Crippen LogP contribution is 2.27. The minimum absolute atomic E-state index is 0.274. The van der Waals surface area contributed by atoms with E-state index in [-0.39, 0.29) is 5.82 Å². The van der Waals surface area contributed by atoms with Gasteiger partial charge in [-0.15, -0.1) is 0 Å². The highest BCUT2D eigenvalue weighted by Gasteiger charge is 2.31. The van der Waals surface area contributed by atoms with Crippen LogP contribution in [-0.4, -0.2) is 66.4 Å². The van der Waals surface area contributed by atoms with Gasteiger partial charge in [-0.2, -0.15) is 11.8 Å². The van der Waals surface area contributed by atoms with Gasteiger partial charge < -0.3 is 20.1 Å². The molecule has 0 spiro atoms. The number of hydrogen-bond acceptors (Lipinski definition) is 4. The molecule has 1 saturated heterocycles. The van der Waals surface area contributed by atoms with Crippen LogP contribution in [0.5, 0.6) is 5.75 Å². The molecule has 24 heavy (non-hydrogen) atoms. The summed E-state index contributed by atoms with van der Waals surface area (Å²) in [6.45, 7) is 4.28. The molecule has 1 aromatic carbocycles. The first-order valence-electron chi connectivity index (χ1n) is 8.20. The third-order valence-corrected chi connectivity index (χ3v) is 5.05. The van der Waals surface area contributed by atoms with Crippen molar-refractivity contribution in [1.82, 2.24) is 10.2 Å². The van der Waals surface area contributed by atoms with Gasteiger partial charge >= 0.3 is 0 Å². The molecule has 0 bridgehead atoms. The van der Waals surface area contributed by atoms with Crippen LogP contribution in [0.1, 0.15) is 13.3 Å². The van der Waals surface area contributed by atoms with E-state index in [1.807, 2.05) is 18.9 Å². The fourth-order valence-corrected chi connectivity index (χ4v) is 3.63. The van der Waals surface area contributed by atoms with Crippen LogP contribution in [0.3, 0.4) is 0 Å². The fourth-order valence-electron chi connectivity index (χ4n) is 2.35. The van der Waals surface area contributed by atoms with Crippen molar-refractivity contribution < 1.29 is 14.2 Å². The second kappa shape index (κ2) is 9.13. The molecule has 1 fully saturated rings. The highest BCUT2D eigenvalue weighted by molar-refractivity contribution is 7.99. The van der Waals surface area contributed by atoms with Crippen molar-refractivity contribution in [1.29, 1.82) is 0 Å². The minimum Gasteiger partial charge on any atom is -0.492 e. The summed E-state index contributed by atoms with van der Waals surface area (Å²) in [6.07, 6.45) is 0.790. The molecule has 0 aliphatic carbocycles. The molecule has 1 aliphatic rings. The number of nitrogens with zero attached hydrogens (tertiary/aromatic N) is 2. The van der Waals surface area contributed by atoms with E-state index in [0.29, 0.717) is 25.4 Å².